The number of ether oxygens (including phenoxy) is 2. The Kier molecular flexibility index (Phi) is 2.40. The second-order valence-electron chi connectivity index (χ2n) is 4.81. The molecule has 2 heterocycles. The van der Waals surface area contributed by atoms with Gasteiger partial charge >= 0.3 is 0 Å². The summed E-state index contributed by atoms with van der Waals surface area (Å²) < 4.78 is 11.0. The fraction of sp³-hybridized carbons (Fsp3) is 0.538. The van der Waals surface area contributed by atoms with Crippen LogP contribution in [0.4, 0.5) is 0 Å². The number of aromatic hydroxyl groups is 1. The highest BCUT2D eigenvalue weighted by atomic mass is 16.5. The Labute approximate surface area is 101 Å². The third-order valence-electron chi connectivity index (χ3n) is 3.89. The first-order chi connectivity index (χ1) is 8.22. The zero-order valence-corrected chi connectivity index (χ0v) is 10.1. The van der Waals surface area contributed by atoms with E-state index in [9.17, 15) is 5.11 Å². The van der Waals surface area contributed by atoms with Gasteiger partial charge in [-0.2, -0.15) is 0 Å². The Balaban J connectivity index is 2.14. The summed E-state index contributed by atoms with van der Waals surface area (Å²) in [5.41, 5.74) is 1.82. The van der Waals surface area contributed by atoms with Crippen LogP contribution in [0.3, 0.4) is 0 Å². The summed E-state index contributed by atoms with van der Waals surface area (Å²) >= 11 is 0. The molecular formula is C13H17NO3. The van der Waals surface area contributed by atoms with Gasteiger partial charge in [0.2, 0.25) is 0 Å². The first kappa shape index (κ1) is 10.7. The molecule has 0 aliphatic carbocycles. The van der Waals surface area contributed by atoms with Crippen LogP contribution in [0, 0.1) is 12.8 Å². The smallest absolute Gasteiger partial charge is 0.165 e. The van der Waals surface area contributed by atoms with Crippen LogP contribution in [-0.2, 0) is 0 Å². The highest BCUT2D eigenvalue weighted by Crippen LogP contribution is 2.47. The number of rotatable bonds is 1. The number of benzene rings is 1. The van der Waals surface area contributed by atoms with Gasteiger partial charge in [-0.15, -0.1) is 0 Å². The van der Waals surface area contributed by atoms with Crippen molar-refractivity contribution in [1.82, 2.24) is 5.32 Å². The van der Waals surface area contributed by atoms with Crippen LogP contribution < -0.4 is 14.8 Å². The molecule has 4 heteroatoms. The lowest BCUT2D eigenvalue weighted by Gasteiger charge is -2.29. The van der Waals surface area contributed by atoms with Crippen molar-refractivity contribution in [3.05, 3.63) is 17.2 Å². The fourth-order valence-corrected chi connectivity index (χ4v) is 2.84. The average molecular weight is 235 g/mol. The van der Waals surface area contributed by atoms with E-state index in [2.05, 4.69) is 5.32 Å². The molecule has 2 N–H and O–H groups in total. The van der Waals surface area contributed by atoms with Crippen molar-refractivity contribution in [3.8, 4) is 17.2 Å². The van der Waals surface area contributed by atoms with Crippen LogP contribution in [0.5, 0.6) is 17.2 Å². The molecule has 0 spiro atoms. The second-order valence-corrected chi connectivity index (χ2v) is 4.81. The van der Waals surface area contributed by atoms with Gasteiger partial charge in [0.15, 0.2) is 11.5 Å². The van der Waals surface area contributed by atoms with Crippen molar-refractivity contribution in [1.29, 1.82) is 0 Å². The number of methoxy groups -OCH3 is 1. The third kappa shape index (κ3) is 1.47. The molecule has 0 unspecified atom stereocenters. The zero-order chi connectivity index (χ0) is 12.0. The predicted octanol–water partition coefficient (Wildman–Crippen LogP) is 1.40. The monoisotopic (exact) mass is 235 g/mol. The first-order valence-corrected chi connectivity index (χ1v) is 5.96. The average Bonchev–Trinajstić information content (AvgIpc) is 2.81. The molecule has 0 amide bonds. The van der Waals surface area contributed by atoms with Crippen molar-refractivity contribution in [3.63, 3.8) is 0 Å². The molecule has 1 fully saturated rings. The Morgan fingerprint density at radius 3 is 3.06 bits per heavy atom. The number of hydrogen-bond donors (Lipinski definition) is 2. The largest absolute Gasteiger partial charge is 0.504 e. The summed E-state index contributed by atoms with van der Waals surface area (Å²) in [4.78, 5) is 0. The Bertz CT molecular complexity index is 458. The van der Waals surface area contributed by atoms with E-state index < -0.39 is 0 Å². The van der Waals surface area contributed by atoms with Crippen LogP contribution in [-0.4, -0.2) is 31.9 Å². The van der Waals surface area contributed by atoms with Gasteiger partial charge in [-0.3, -0.25) is 0 Å². The van der Waals surface area contributed by atoms with Crippen molar-refractivity contribution < 1.29 is 14.6 Å². The lowest BCUT2D eigenvalue weighted by atomic mass is 9.86. The van der Waals surface area contributed by atoms with E-state index in [0.717, 1.165) is 30.0 Å². The van der Waals surface area contributed by atoms with Crippen LogP contribution in [0.2, 0.25) is 0 Å². The topological polar surface area (TPSA) is 50.7 Å². The highest BCUT2D eigenvalue weighted by molar-refractivity contribution is 5.59. The molecule has 0 bridgehead atoms. The molecule has 2 aliphatic heterocycles. The predicted molar refractivity (Wildman–Crippen MR) is 64.0 cm³/mol. The van der Waals surface area contributed by atoms with Crippen LogP contribution >= 0.6 is 0 Å². The molecule has 92 valence electrons. The standard InChI is InChI=1S/C13H17NO3/c1-7-11(16-2)3-9-10-5-14-4-8(10)6-17-13(9)12(7)15/h3,8,10,14-15H,4-6H2,1-2H3/t8-,10-/m0/s1. The molecule has 2 aliphatic rings. The maximum atomic E-state index is 10.1. The van der Waals surface area contributed by atoms with Gasteiger partial charge in [-0.05, 0) is 13.0 Å². The molecule has 17 heavy (non-hydrogen) atoms. The maximum absolute atomic E-state index is 10.1. The van der Waals surface area contributed by atoms with E-state index >= 15 is 0 Å². The number of nitrogens with one attached hydrogen (secondary N) is 1. The van der Waals surface area contributed by atoms with Crippen molar-refractivity contribution >= 4 is 0 Å². The van der Waals surface area contributed by atoms with E-state index in [-0.39, 0.29) is 5.75 Å². The molecule has 0 radical (unpaired) electrons. The number of phenols is 1. The van der Waals surface area contributed by atoms with E-state index in [4.69, 9.17) is 9.47 Å². The molecule has 1 aromatic carbocycles. The Morgan fingerprint density at radius 2 is 2.29 bits per heavy atom. The Morgan fingerprint density at radius 1 is 1.47 bits per heavy atom. The normalized spacial score (nSPS) is 26.0. The van der Waals surface area contributed by atoms with Crippen molar-refractivity contribution in [2.75, 3.05) is 26.8 Å². The molecular weight excluding hydrogens is 218 g/mol. The summed E-state index contributed by atoms with van der Waals surface area (Å²) in [5.74, 6) is 2.55. The molecule has 1 aromatic rings. The molecule has 0 saturated carbocycles. The molecule has 4 nitrogen and oxygen atoms in total. The minimum Gasteiger partial charge on any atom is -0.504 e. The van der Waals surface area contributed by atoms with Crippen LogP contribution in [0.1, 0.15) is 17.0 Å². The molecule has 3 rings (SSSR count). The quantitative estimate of drug-likeness (QED) is 0.772. The molecule has 1 saturated heterocycles. The molecule has 0 aromatic heterocycles. The van der Waals surface area contributed by atoms with Gasteiger partial charge in [0.05, 0.1) is 13.7 Å². The summed E-state index contributed by atoms with van der Waals surface area (Å²) in [6.07, 6.45) is 0. The van der Waals surface area contributed by atoms with Gasteiger partial charge in [-0.1, -0.05) is 0 Å². The SMILES string of the molecule is COc1cc2c(c(O)c1C)OC[C@@H]1CNC[C@H]21. The van der Waals surface area contributed by atoms with Gasteiger partial charge in [0.1, 0.15) is 5.75 Å². The maximum Gasteiger partial charge on any atom is 0.165 e. The minimum atomic E-state index is 0.227. The first-order valence-electron chi connectivity index (χ1n) is 5.96. The Hall–Kier alpha value is -1.42. The number of hydrogen-bond acceptors (Lipinski definition) is 4. The fourth-order valence-electron chi connectivity index (χ4n) is 2.84. The summed E-state index contributed by atoms with van der Waals surface area (Å²) in [6, 6.07) is 2.01. The second kappa shape index (κ2) is 3.81. The van der Waals surface area contributed by atoms with Gasteiger partial charge in [0, 0.05) is 36.1 Å². The summed E-state index contributed by atoms with van der Waals surface area (Å²) in [7, 11) is 1.63. The van der Waals surface area contributed by atoms with Gasteiger partial charge in [0.25, 0.3) is 0 Å². The van der Waals surface area contributed by atoms with Crippen LogP contribution in [0.25, 0.3) is 0 Å². The van der Waals surface area contributed by atoms with Gasteiger partial charge in [-0.25, -0.2) is 0 Å². The van der Waals surface area contributed by atoms with E-state index in [1.807, 2.05) is 13.0 Å². The minimum absolute atomic E-state index is 0.227. The number of phenolic OH excluding ortho intramolecular Hbond substituents is 1. The lowest BCUT2D eigenvalue weighted by molar-refractivity contribution is 0.209. The van der Waals surface area contributed by atoms with Crippen molar-refractivity contribution in [2.45, 2.75) is 12.8 Å². The third-order valence-corrected chi connectivity index (χ3v) is 3.89. The number of fused-ring (bicyclic) bond motifs is 3. The van der Waals surface area contributed by atoms with E-state index in [1.54, 1.807) is 7.11 Å². The van der Waals surface area contributed by atoms with Crippen LogP contribution in [0.15, 0.2) is 6.07 Å². The zero-order valence-electron chi connectivity index (χ0n) is 10.1. The lowest BCUT2D eigenvalue weighted by Crippen LogP contribution is -2.25. The van der Waals surface area contributed by atoms with E-state index in [1.165, 1.54) is 0 Å². The van der Waals surface area contributed by atoms with Crippen molar-refractivity contribution in [2.24, 2.45) is 5.92 Å². The molecule has 2 atom stereocenters. The summed E-state index contributed by atoms with van der Waals surface area (Å²) in [5, 5.41) is 13.5. The van der Waals surface area contributed by atoms with Gasteiger partial charge < -0.3 is 19.9 Å². The summed E-state index contributed by atoms with van der Waals surface area (Å²) in [6.45, 7) is 4.47. The highest BCUT2D eigenvalue weighted by Gasteiger charge is 2.37. The van der Waals surface area contributed by atoms with E-state index in [0.29, 0.717) is 24.2 Å².